The van der Waals surface area contributed by atoms with Crippen molar-refractivity contribution in [2.45, 2.75) is 17.8 Å². The SMILES string of the molecule is Cc1ccc(/C=N\NC(=O)c2ccc(CSc3nncn3C)cc2)o1. The summed E-state index contributed by atoms with van der Waals surface area (Å²) in [5, 5.41) is 12.6. The normalized spacial score (nSPS) is 11.1. The van der Waals surface area contributed by atoms with Gasteiger partial charge in [0.25, 0.3) is 5.91 Å². The van der Waals surface area contributed by atoms with E-state index >= 15 is 0 Å². The van der Waals surface area contributed by atoms with Crippen LogP contribution in [0.4, 0.5) is 0 Å². The molecule has 0 atom stereocenters. The summed E-state index contributed by atoms with van der Waals surface area (Å²) in [4.78, 5) is 12.1. The highest BCUT2D eigenvalue weighted by Crippen LogP contribution is 2.20. The summed E-state index contributed by atoms with van der Waals surface area (Å²) >= 11 is 1.59. The molecule has 128 valence electrons. The van der Waals surface area contributed by atoms with E-state index < -0.39 is 0 Å². The number of aryl methyl sites for hydroxylation is 2. The van der Waals surface area contributed by atoms with E-state index in [1.54, 1.807) is 36.3 Å². The zero-order valence-electron chi connectivity index (χ0n) is 13.8. The van der Waals surface area contributed by atoms with Crippen LogP contribution in [0.25, 0.3) is 0 Å². The van der Waals surface area contributed by atoms with Gasteiger partial charge in [0.2, 0.25) is 0 Å². The number of rotatable bonds is 6. The van der Waals surface area contributed by atoms with Gasteiger partial charge in [0.1, 0.15) is 17.8 Å². The molecule has 0 bridgehead atoms. The Balaban J connectivity index is 1.53. The zero-order chi connectivity index (χ0) is 17.6. The number of nitrogens with zero attached hydrogens (tertiary/aromatic N) is 4. The van der Waals surface area contributed by atoms with Crippen molar-refractivity contribution < 1.29 is 9.21 Å². The third-order valence-corrected chi connectivity index (χ3v) is 4.48. The summed E-state index contributed by atoms with van der Waals surface area (Å²) in [5.74, 6) is 1.87. The predicted octanol–water partition coefficient (Wildman–Crippen LogP) is 2.77. The van der Waals surface area contributed by atoms with E-state index in [4.69, 9.17) is 4.42 Å². The van der Waals surface area contributed by atoms with E-state index in [2.05, 4.69) is 20.7 Å². The molecule has 0 spiro atoms. The Morgan fingerprint density at radius 2 is 2.12 bits per heavy atom. The number of aromatic nitrogens is 3. The maximum Gasteiger partial charge on any atom is 0.271 e. The van der Waals surface area contributed by atoms with Crippen LogP contribution in [-0.4, -0.2) is 26.9 Å². The molecule has 1 amide bonds. The summed E-state index contributed by atoms with van der Waals surface area (Å²) in [5.41, 5.74) is 4.12. The summed E-state index contributed by atoms with van der Waals surface area (Å²) in [6.07, 6.45) is 3.14. The quantitative estimate of drug-likeness (QED) is 0.417. The molecule has 0 saturated carbocycles. The lowest BCUT2D eigenvalue weighted by molar-refractivity contribution is 0.0955. The lowest BCUT2D eigenvalue weighted by atomic mass is 10.1. The van der Waals surface area contributed by atoms with Crippen molar-refractivity contribution in [1.82, 2.24) is 20.2 Å². The van der Waals surface area contributed by atoms with Crippen molar-refractivity contribution in [1.29, 1.82) is 0 Å². The second-order valence-electron chi connectivity index (χ2n) is 5.36. The van der Waals surface area contributed by atoms with Gasteiger partial charge in [-0.25, -0.2) is 5.43 Å². The molecule has 2 aromatic heterocycles. The minimum Gasteiger partial charge on any atom is -0.460 e. The van der Waals surface area contributed by atoms with Gasteiger partial charge in [-0.1, -0.05) is 23.9 Å². The number of hydrazone groups is 1. The van der Waals surface area contributed by atoms with Crippen molar-refractivity contribution >= 4 is 23.9 Å². The van der Waals surface area contributed by atoms with Crippen molar-refractivity contribution in [3.05, 3.63) is 65.4 Å². The van der Waals surface area contributed by atoms with Gasteiger partial charge in [0.05, 0.1) is 6.21 Å². The summed E-state index contributed by atoms with van der Waals surface area (Å²) in [7, 11) is 1.90. The van der Waals surface area contributed by atoms with Gasteiger partial charge in [-0.3, -0.25) is 4.79 Å². The Bertz CT molecular complexity index is 883. The van der Waals surface area contributed by atoms with Crippen LogP contribution in [0, 0.1) is 6.92 Å². The molecule has 0 aliphatic carbocycles. The predicted molar refractivity (Wildman–Crippen MR) is 95.5 cm³/mol. The average molecular weight is 355 g/mol. The zero-order valence-corrected chi connectivity index (χ0v) is 14.7. The van der Waals surface area contributed by atoms with Crippen LogP contribution in [0.3, 0.4) is 0 Å². The highest BCUT2D eigenvalue weighted by atomic mass is 32.2. The second-order valence-corrected chi connectivity index (χ2v) is 6.30. The summed E-state index contributed by atoms with van der Waals surface area (Å²) < 4.78 is 7.20. The second kappa shape index (κ2) is 7.80. The molecule has 0 aliphatic rings. The van der Waals surface area contributed by atoms with Crippen LogP contribution in [0.15, 0.2) is 57.4 Å². The molecule has 8 heteroatoms. The number of amides is 1. The van der Waals surface area contributed by atoms with E-state index in [9.17, 15) is 4.79 Å². The molecule has 25 heavy (non-hydrogen) atoms. The Kier molecular flexibility index (Phi) is 5.30. The maximum atomic E-state index is 12.1. The number of furan rings is 1. The Hall–Kier alpha value is -2.87. The molecule has 1 N–H and O–H groups in total. The van der Waals surface area contributed by atoms with Gasteiger partial charge in [-0.2, -0.15) is 5.10 Å². The molecule has 0 aliphatic heterocycles. The van der Waals surface area contributed by atoms with E-state index in [0.29, 0.717) is 11.3 Å². The van der Waals surface area contributed by atoms with Gasteiger partial charge in [0, 0.05) is 18.4 Å². The van der Waals surface area contributed by atoms with Gasteiger partial charge < -0.3 is 8.98 Å². The molecular weight excluding hydrogens is 338 g/mol. The number of carbonyl (C=O) groups is 1. The fraction of sp³-hybridized carbons (Fsp3) is 0.176. The highest BCUT2D eigenvalue weighted by Gasteiger charge is 2.06. The lowest BCUT2D eigenvalue weighted by Gasteiger charge is -2.03. The van der Waals surface area contributed by atoms with Gasteiger partial charge in [-0.05, 0) is 36.8 Å². The minimum atomic E-state index is -0.271. The Morgan fingerprint density at radius 3 is 2.76 bits per heavy atom. The first-order chi connectivity index (χ1) is 12.1. The monoisotopic (exact) mass is 355 g/mol. The molecule has 3 aromatic rings. The van der Waals surface area contributed by atoms with E-state index in [0.717, 1.165) is 22.2 Å². The highest BCUT2D eigenvalue weighted by molar-refractivity contribution is 7.98. The van der Waals surface area contributed by atoms with Crippen LogP contribution in [0.2, 0.25) is 0 Å². The Labute approximate surface area is 149 Å². The summed E-state index contributed by atoms with van der Waals surface area (Å²) in [6.45, 7) is 1.85. The summed E-state index contributed by atoms with van der Waals surface area (Å²) in [6, 6.07) is 11.0. The van der Waals surface area contributed by atoms with Gasteiger partial charge >= 0.3 is 0 Å². The molecule has 0 saturated heterocycles. The lowest BCUT2D eigenvalue weighted by Crippen LogP contribution is -2.17. The van der Waals surface area contributed by atoms with Crippen molar-refractivity contribution in [2.75, 3.05) is 0 Å². The first kappa shape index (κ1) is 17.0. The largest absolute Gasteiger partial charge is 0.460 e. The number of nitrogens with one attached hydrogen (secondary N) is 1. The minimum absolute atomic E-state index is 0.271. The van der Waals surface area contributed by atoms with Crippen molar-refractivity contribution in [2.24, 2.45) is 12.1 Å². The third-order valence-electron chi connectivity index (χ3n) is 3.37. The van der Waals surface area contributed by atoms with Crippen LogP contribution in [0.1, 0.15) is 27.4 Å². The number of thioether (sulfide) groups is 1. The van der Waals surface area contributed by atoms with Crippen LogP contribution < -0.4 is 5.43 Å². The maximum absolute atomic E-state index is 12.1. The number of hydrogen-bond acceptors (Lipinski definition) is 6. The van der Waals surface area contributed by atoms with Crippen LogP contribution in [-0.2, 0) is 12.8 Å². The molecule has 1 aromatic carbocycles. The topological polar surface area (TPSA) is 85.3 Å². The Morgan fingerprint density at radius 1 is 1.32 bits per heavy atom. The molecule has 0 fully saturated rings. The smallest absolute Gasteiger partial charge is 0.271 e. The molecular formula is C17H17N5O2S. The van der Waals surface area contributed by atoms with Gasteiger partial charge in [0.15, 0.2) is 5.16 Å². The first-order valence-electron chi connectivity index (χ1n) is 7.57. The van der Waals surface area contributed by atoms with E-state index in [1.165, 1.54) is 6.21 Å². The van der Waals surface area contributed by atoms with Crippen LogP contribution >= 0.6 is 11.8 Å². The average Bonchev–Trinajstić information content (AvgIpc) is 3.21. The van der Waals surface area contributed by atoms with E-state index in [1.807, 2.05) is 36.7 Å². The molecule has 0 radical (unpaired) electrons. The third kappa shape index (κ3) is 4.57. The van der Waals surface area contributed by atoms with Crippen molar-refractivity contribution in [3.8, 4) is 0 Å². The number of benzene rings is 1. The molecule has 7 nitrogen and oxygen atoms in total. The molecule has 0 unspecified atom stereocenters. The first-order valence-corrected chi connectivity index (χ1v) is 8.56. The molecule has 3 rings (SSSR count). The van der Waals surface area contributed by atoms with Gasteiger partial charge in [-0.15, -0.1) is 10.2 Å². The fourth-order valence-electron chi connectivity index (χ4n) is 2.05. The number of hydrogen-bond donors (Lipinski definition) is 1. The van der Waals surface area contributed by atoms with E-state index in [-0.39, 0.29) is 5.91 Å². The standard InChI is InChI=1S/C17H17N5O2S/c1-12-3-8-15(24-12)9-18-20-16(23)14-6-4-13(5-7-14)10-25-17-21-19-11-22(17)2/h3-9,11H,10H2,1-2H3,(H,20,23)/b18-9-. The van der Waals surface area contributed by atoms with Crippen LogP contribution in [0.5, 0.6) is 0 Å². The fourth-order valence-corrected chi connectivity index (χ4v) is 2.89. The molecule has 2 heterocycles. The number of carbonyl (C=O) groups excluding carboxylic acids is 1. The van der Waals surface area contributed by atoms with Crippen molar-refractivity contribution in [3.63, 3.8) is 0 Å².